The van der Waals surface area contributed by atoms with Crippen molar-refractivity contribution in [3.63, 3.8) is 0 Å². The molecule has 2 rings (SSSR count). The minimum Gasteiger partial charge on any atom is -0.368 e. The maximum absolute atomic E-state index is 5.55. The maximum Gasteiger partial charge on any atom is 0.227 e. The number of benzene rings is 1. The minimum atomic E-state index is 0.582. The highest BCUT2D eigenvalue weighted by molar-refractivity contribution is 5.90. The van der Waals surface area contributed by atoms with E-state index in [0.29, 0.717) is 13.1 Å². The monoisotopic (exact) mass is 259 g/mol. The SMILES string of the molecule is CCN(CC)c1nc(NCCN)c2ccccc2n1. The van der Waals surface area contributed by atoms with E-state index >= 15 is 0 Å². The summed E-state index contributed by atoms with van der Waals surface area (Å²) in [5.41, 5.74) is 6.51. The van der Waals surface area contributed by atoms with Gasteiger partial charge in [-0.25, -0.2) is 4.98 Å². The first-order chi connectivity index (χ1) is 9.30. The van der Waals surface area contributed by atoms with Gasteiger partial charge in [-0.1, -0.05) is 12.1 Å². The maximum atomic E-state index is 5.55. The molecule has 0 spiro atoms. The summed E-state index contributed by atoms with van der Waals surface area (Å²) >= 11 is 0. The summed E-state index contributed by atoms with van der Waals surface area (Å²) in [4.78, 5) is 11.4. The summed E-state index contributed by atoms with van der Waals surface area (Å²) < 4.78 is 0. The molecule has 0 saturated heterocycles. The molecule has 2 aromatic rings. The Labute approximate surface area is 113 Å². The standard InChI is InChI=1S/C14H21N5/c1-3-19(4-2)14-17-12-8-6-5-7-11(12)13(18-14)16-10-9-15/h5-8H,3-4,9-10,15H2,1-2H3,(H,16,17,18). The predicted octanol–water partition coefficient (Wildman–Crippen LogP) is 1.85. The van der Waals surface area contributed by atoms with E-state index in [4.69, 9.17) is 5.73 Å². The molecule has 0 aliphatic heterocycles. The van der Waals surface area contributed by atoms with Gasteiger partial charge in [0.25, 0.3) is 0 Å². The number of nitrogens with one attached hydrogen (secondary N) is 1. The van der Waals surface area contributed by atoms with E-state index in [1.165, 1.54) is 0 Å². The number of rotatable bonds is 6. The molecule has 0 amide bonds. The number of hydrogen-bond acceptors (Lipinski definition) is 5. The second-order valence-electron chi connectivity index (χ2n) is 4.28. The molecule has 1 heterocycles. The minimum absolute atomic E-state index is 0.582. The Bertz CT molecular complexity index is 536. The van der Waals surface area contributed by atoms with Gasteiger partial charge in [0.15, 0.2) is 0 Å². The van der Waals surface area contributed by atoms with E-state index in [9.17, 15) is 0 Å². The topological polar surface area (TPSA) is 67.1 Å². The van der Waals surface area contributed by atoms with Gasteiger partial charge in [0.05, 0.1) is 5.52 Å². The Morgan fingerprint density at radius 3 is 2.58 bits per heavy atom. The number of nitrogens with two attached hydrogens (primary N) is 1. The van der Waals surface area contributed by atoms with Crippen molar-refractivity contribution in [2.24, 2.45) is 5.73 Å². The van der Waals surface area contributed by atoms with Crippen LogP contribution in [0.15, 0.2) is 24.3 Å². The Morgan fingerprint density at radius 1 is 1.16 bits per heavy atom. The average Bonchev–Trinajstić information content (AvgIpc) is 2.46. The molecule has 0 radical (unpaired) electrons. The predicted molar refractivity (Wildman–Crippen MR) is 80.6 cm³/mol. The molecule has 0 aliphatic carbocycles. The molecule has 5 nitrogen and oxygen atoms in total. The van der Waals surface area contributed by atoms with E-state index in [1.54, 1.807) is 0 Å². The lowest BCUT2D eigenvalue weighted by Crippen LogP contribution is -2.25. The van der Waals surface area contributed by atoms with Crippen LogP contribution >= 0.6 is 0 Å². The van der Waals surface area contributed by atoms with Gasteiger partial charge in [-0.3, -0.25) is 0 Å². The first-order valence-electron chi connectivity index (χ1n) is 6.75. The zero-order chi connectivity index (χ0) is 13.7. The van der Waals surface area contributed by atoms with Gasteiger partial charge in [0.2, 0.25) is 5.95 Å². The molecular formula is C14H21N5. The average molecular weight is 259 g/mol. The van der Waals surface area contributed by atoms with E-state index in [1.807, 2.05) is 24.3 Å². The molecule has 0 bridgehead atoms. The molecule has 3 N–H and O–H groups in total. The van der Waals surface area contributed by atoms with Crippen molar-refractivity contribution in [1.29, 1.82) is 0 Å². The highest BCUT2D eigenvalue weighted by atomic mass is 15.3. The van der Waals surface area contributed by atoms with E-state index in [0.717, 1.165) is 35.8 Å². The van der Waals surface area contributed by atoms with Crippen LogP contribution in [-0.2, 0) is 0 Å². The van der Waals surface area contributed by atoms with Crippen molar-refractivity contribution in [2.45, 2.75) is 13.8 Å². The fraction of sp³-hybridized carbons (Fsp3) is 0.429. The number of aromatic nitrogens is 2. The lowest BCUT2D eigenvalue weighted by Gasteiger charge is -2.20. The van der Waals surface area contributed by atoms with Crippen LogP contribution in [0.4, 0.5) is 11.8 Å². The van der Waals surface area contributed by atoms with Crippen LogP contribution in [-0.4, -0.2) is 36.1 Å². The van der Waals surface area contributed by atoms with Crippen molar-refractivity contribution in [3.05, 3.63) is 24.3 Å². The summed E-state index contributed by atoms with van der Waals surface area (Å²) in [6.07, 6.45) is 0. The van der Waals surface area contributed by atoms with Crippen LogP contribution in [0.2, 0.25) is 0 Å². The number of nitrogens with zero attached hydrogens (tertiary/aromatic N) is 3. The molecule has 102 valence electrons. The van der Waals surface area contributed by atoms with Gasteiger partial charge in [-0.2, -0.15) is 4.98 Å². The summed E-state index contributed by atoms with van der Waals surface area (Å²) in [7, 11) is 0. The van der Waals surface area contributed by atoms with Crippen LogP contribution in [0.5, 0.6) is 0 Å². The van der Waals surface area contributed by atoms with Crippen molar-refractivity contribution in [3.8, 4) is 0 Å². The molecule has 5 heteroatoms. The lowest BCUT2D eigenvalue weighted by molar-refractivity contribution is 0.826. The highest BCUT2D eigenvalue weighted by Gasteiger charge is 2.10. The molecule has 0 unspecified atom stereocenters. The zero-order valence-corrected chi connectivity index (χ0v) is 11.6. The van der Waals surface area contributed by atoms with Crippen molar-refractivity contribution >= 4 is 22.7 Å². The Balaban J connectivity index is 2.49. The van der Waals surface area contributed by atoms with E-state index < -0.39 is 0 Å². The third kappa shape index (κ3) is 2.93. The molecular weight excluding hydrogens is 238 g/mol. The second kappa shape index (κ2) is 6.33. The summed E-state index contributed by atoms with van der Waals surface area (Å²) in [5.74, 6) is 1.63. The molecule has 0 fully saturated rings. The summed E-state index contributed by atoms with van der Waals surface area (Å²) in [6, 6.07) is 8.03. The molecule has 0 saturated carbocycles. The van der Waals surface area contributed by atoms with Crippen LogP contribution < -0.4 is 16.0 Å². The Morgan fingerprint density at radius 2 is 1.89 bits per heavy atom. The van der Waals surface area contributed by atoms with Crippen LogP contribution in [0.3, 0.4) is 0 Å². The van der Waals surface area contributed by atoms with Crippen molar-refractivity contribution in [2.75, 3.05) is 36.4 Å². The fourth-order valence-electron chi connectivity index (χ4n) is 2.04. The van der Waals surface area contributed by atoms with Gasteiger partial charge in [-0.15, -0.1) is 0 Å². The molecule has 19 heavy (non-hydrogen) atoms. The number of para-hydroxylation sites is 1. The smallest absolute Gasteiger partial charge is 0.227 e. The third-order valence-electron chi connectivity index (χ3n) is 3.07. The van der Waals surface area contributed by atoms with Crippen LogP contribution in [0.1, 0.15) is 13.8 Å². The molecule has 1 aromatic carbocycles. The molecule has 1 aromatic heterocycles. The fourth-order valence-corrected chi connectivity index (χ4v) is 2.04. The summed E-state index contributed by atoms with van der Waals surface area (Å²) in [6.45, 7) is 7.29. The molecule has 0 atom stereocenters. The number of fused-ring (bicyclic) bond motifs is 1. The largest absolute Gasteiger partial charge is 0.368 e. The van der Waals surface area contributed by atoms with Crippen molar-refractivity contribution < 1.29 is 0 Å². The second-order valence-corrected chi connectivity index (χ2v) is 4.28. The quantitative estimate of drug-likeness (QED) is 0.828. The van der Waals surface area contributed by atoms with Gasteiger partial charge >= 0.3 is 0 Å². The Hall–Kier alpha value is -1.88. The Kier molecular flexibility index (Phi) is 4.52. The third-order valence-corrected chi connectivity index (χ3v) is 3.07. The van der Waals surface area contributed by atoms with Gasteiger partial charge in [0, 0.05) is 31.6 Å². The molecule has 0 aliphatic rings. The van der Waals surface area contributed by atoms with Crippen LogP contribution in [0, 0.1) is 0 Å². The zero-order valence-electron chi connectivity index (χ0n) is 11.6. The first-order valence-corrected chi connectivity index (χ1v) is 6.75. The highest BCUT2D eigenvalue weighted by Crippen LogP contribution is 2.23. The van der Waals surface area contributed by atoms with E-state index in [2.05, 4.69) is 34.0 Å². The van der Waals surface area contributed by atoms with Crippen molar-refractivity contribution in [1.82, 2.24) is 9.97 Å². The first kappa shape index (κ1) is 13.5. The number of anilines is 2. The van der Waals surface area contributed by atoms with Gasteiger partial charge in [0.1, 0.15) is 5.82 Å². The van der Waals surface area contributed by atoms with Gasteiger partial charge in [-0.05, 0) is 26.0 Å². The summed E-state index contributed by atoms with van der Waals surface area (Å²) in [5, 5.41) is 4.31. The van der Waals surface area contributed by atoms with E-state index in [-0.39, 0.29) is 0 Å². The lowest BCUT2D eigenvalue weighted by atomic mass is 10.2. The van der Waals surface area contributed by atoms with Crippen LogP contribution in [0.25, 0.3) is 10.9 Å². The van der Waals surface area contributed by atoms with Gasteiger partial charge < -0.3 is 16.0 Å². The normalized spacial score (nSPS) is 10.7. The number of hydrogen-bond donors (Lipinski definition) is 2.